The number of rotatable bonds is 6. The Morgan fingerprint density at radius 1 is 1.10 bits per heavy atom. The number of aryl methyl sites for hydroxylation is 1. The van der Waals surface area contributed by atoms with E-state index in [0.29, 0.717) is 26.3 Å². The van der Waals surface area contributed by atoms with Gasteiger partial charge in [-0.05, 0) is 31.5 Å². The molecule has 2 aromatic carbocycles. The zero-order valence-corrected chi connectivity index (χ0v) is 19.6. The van der Waals surface area contributed by atoms with Gasteiger partial charge in [-0.1, -0.05) is 24.3 Å². The molecule has 0 bridgehead atoms. The van der Waals surface area contributed by atoms with E-state index in [1.165, 1.54) is 5.56 Å². The molecule has 0 aromatic heterocycles. The number of hydrogen-bond donors (Lipinski definition) is 2. The summed E-state index contributed by atoms with van der Waals surface area (Å²) in [5, 5.41) is 6.67. The third kappa shape index (κ3) is 6.42. The Bertz CT molecular complexity index is 827. The van der Waals surface area contributed by atoms with Crippen molar-refractivity contribution in [2.24, 2.45) is 4.99 Å². The molecule has 0 spiro atoms. The third-order valence-corrected chi connectivity index (χ3v) is 4.49. The topological polar surface area (TPSA) is 64.1 Å². The minimum Gasteiger partial charge on any atom is -0.496 e. The number of benzene rings is 2. The number of halogens is 1. The highest BCUT2D eigenvalue weighted by molar-refractivity contribution is 14.0. The normalized spacial score (nSPS) is 13.1. The maximum absolute atomic E-state index is 5.89. The van der Waals surface area contributed by atoms with Crippen LogP contribution in [0.1, 0.15) is 30.0 Å². The van der Waals surface area contributed by atoms with Crippen molar-refractivity contribution in [3.63, 3.8) is 0 Å². The first-order valence-corrected chi connectivity index (χ1v) is 9.74. The van der Waals surface area contributed by atoms with E-state index in [9.17, 15) is 0 Å². The molecule has 0 radical (unpaired) electrons. The standard InChI is InChI=1S/C22H29N3O3.HI/c1-4-23-22(24-14-17-10-9-16(2)13-20(17)26-3)25-15-18-7-5-8-19-21(18)28-12-6-11-27-19;/h5,7-10,13H,4,6,11-12,14-15H2,1-3H3,(H2,23,24,25);1H. The second-order valence-corrected chi connectivity index (χ2v) is 6.66. The van der Waals surface area contributed by atoms with Crippen LogP contribution in [0.25, 0.3) is 0 Å². The molecule has 0 saturated carbocycles. The molecular weight excluding hydrogens is 481 g/mol. The van der Waals surface area contributed by atoms with Crippen LogP contribution in [0.3, 0.4) is 0 Å². The summed E-state index contributed by atoms with van der Waals surface area (Å²) in [4.78, 5) is 4.73. The fourth-order valence-electron chi connectivity index (χ4n) is 3.06. The first kappa shape index (κ1) is 23.1. The molecule has 3 rings (SSSR count). The highest BCUT2D eigenvalue weighted by atomic mass is 127. The van der Waals surface area contributed by atoms with Crippen LogP contribution in [0.5, 0.6) is 17.2 Å². The van der Waals surface area contributed by atoms with E-state index in [0.717, 1.165) is 47.3 Å². The molecule has 0 aliphatic carbocycles. The Balaban J connectivity index is 0.00000300. The van der Waals surface area contributed by atoms with Gasteiger partial charge in [-0.2, -0.15) is 0 Å². The Morgan fingerprint density at radius 2 is 1.93 bits per heavy atom. The molecule has 1 aliphatic heterocycles. The smallest absolute Gasteiger partial charge is 0.191 e. The molecule has 0 saturated heterocycles. The largest absolute Gasteiger partial charge is 0.496 e. The number of hydrogen-bond acceptors (Lipinski definition) is 4. The van der Waals surface area contributed by atoms with E-state index in [1.54, 1.807) is 7.11 Å². The number of fused-ring (bicyclic) bond motifs is 1. The molecule has 0 atom stereocenters. The first-order valence-electron chi connectivity index (χ1n) is 9.74. The van der Waals surface area contributed by atoms with Gasteiger partial charge in [0.15, 0.2) is 17.5 Å². The molecule has 158 valence electrons. The second kappa shape index (κ2) is 11.7. The van der Waals surface area contributed by atoms with Crippen molar-refractivity contribution in [2.45, 2.75) is 33.4 Å². The molecule has 1 aliphatic rings. The van der Waals surface area contributed by atoms with E-state index in [4.69, 9.17) is 19.2 Å². The average molecular weight is 511 g/mol. The van der Waals surface area contributed by atoms with Crippen LogP contribution in [-0.4, -0.2) is 32.8 Å². The van der Waals surface area contributed by atoms with Crippen molar-refractivity contribution in [1.82, 2.24) is 10.6 Å². The number of aliphatic imine (C=N–C) groups is 1. The van der Waals surface area contributed by atoms with Gasteiger partial charge in [-0.25, -0.2) is 4.99 Å². The summed E-state index contributed by atoms with van der Waals surface area (Å²) in [6, 6.07) is 12.2. The Morgan fingerprint density at radius 3 is 2.72 bits per heavy atom. The van der Waals surface area contributed by atoms with E-state index < -0.39 is 0 Å². The van der Waals surface area contributed by atoms with E-state index in [2.05, 4.69) is 36.6 Å². The highest BCUT2D eigenvalue weighted by Gasteiger charge is 2.14. The van der Waals surface area contributed by atoms with Crippen molar-refractivity contribution in [3.8, 4) is 17.2 Å². The number of nitrogens with zero attached hydrogens (tertiary/aromatic N) is 1. The van der Waals surface area contributed by atoms with Crippen molar-refractivity contribution in [3.05, 3.63) is 53.1 Å². The summed E-state index contributed by atoms with van der Waals surface area (Å²) in [6.07, 6.45) is 0.889. The van der Waals surface area contributed by atoms with Crippen molar-refractivity contribution < 1.29 is 14.2 Å². The van der Waals surface area contributed by atoms with Crippen molar-refractivity contribution in [2.75, 3.05) is 26.9 Å². The van der Waals surface area contributed by atoms with Crippen LogP contribution >= 0.6 is 24.0 Å². The highest BCUT2D eigenvalue weighted by Crippen LogP contribution is 2.33. The van der Waals surface area contributed by atoms with Gasteiger partial charge >= 0.3 is 0 Å². The van der Waals surface area contributed by atoms with Gasteiger partial charge in [-0.3, -0.25) is 0 Å². The maximum atomic E-state index is 5.89. The molecule has 2 aromatic rings. The number of methoxy groups -OCH3 is 1. The lowest BCUT2D eigenvalue weighted by Gasteiger charge is -2.15. The SMILES string of the molecule is CCNC(=NCc1cccc2c1OCCCO2)NCc1ccc(C)cc1OC.I. The quantitative estimate of drug-likeness (QED) is 0.348. The van der Waals surface area contributed by atoms with Gasteiger partial charge in [0.25, 0.3) is 0 Å². The van der Waals surface area contributed by atoms with Gasteiger partial charge in [0.2, 0.25) is 0 Å². The minimum atomic E-state index is 0. The average Bonchev–Trinajstić information content (AvgIpc) is 2.96. The second-order valence-electron chi connectivity index (χ2n) is 6.66. The predicted octanol–water partition coefficient (Wildman–Crippen LogP) is 4.04. The lowest BCUT2D eigenvalue weighted by Crippen LogP contribution is -2.36. The maximum Gasteiger partial charge on any atom is 0.191 e. The van der Waals surface area contributed by atoms with Crippen molar-refractivity contribution >= 4 is 29.9 Å². The summed E-state index contributed by atoms with van der Waals surface area (Å²) < 4.78 is 17.1. The molecule has 0 fully saturated rings. The van der Waals surface area contributed by atoms with Crippen LogP contribution in [0.4, 0.5) is 0 Å². The summed E-state index contributed by atoms with van der Waals surface area (Å²) in [7, 11) is 1.70. The molecular formula is C22H30IN3O3. The molecule has 7 heteroatoms. The summed E-state index contributed by atoms with van der Waals surface area (Å²) in [5.41, 5.74) is 3.28. The van der Waals surface area contributed by atoms with Gasteiger partial charge < -0.3 is 24.8 Å². The van der Waals surface area contributed by atoms with Crippen LogP contribution in [0, 0.1) is 6.92 Å². The Kier molecular flexibility index (Phi) is 9.37. The fraction of sp³-hybridized carbons (Fsp3) is 0.409. The van der Waals surface area contributed by atoms with E-state index in [1.807, 2.05) is 24.3 Å². The minimum absolute atomic E-state index is 0. The van der Waals surface area contributed by atoms with Crippen molar-refractivity contribution in [1.29, 1.82) is 0 Å². The first-order chi connectivity index (χ1) is 13.7. The molecule has 1 heterocycles. The van der Waals surface area contributed by atoms with Gasteiger partial charge in [-0.15, -0.1) is 24.0 Å². The van der Waals surface area contributed by atoms with Gasteiger partial charge in [0, 0.05) is 30.6 Å². The van der Waals surface area contributed by atoms with Crippen LogP contribution in [0.15, 0.2) is 41.4 Å². The number of nitrogens with one attached hydrogen (secondary N) is 2. The zero-order chi connectivity index (χ0) is 19.8. The zero-order valence-electron chi connectivity index (χ0n) is 17.3. The van der Waals surface area contributed by atoms with Crippen LogP contribution in [0.2, 0.25) is 0 Å². The lowest BCUT2D eigenvalue weighted by atomic mass is 10.1. The lowest BCUT2D eigenvalue weighted by molar-refractivity contribution is 0.296. The van der Waals surface area contributed by atoms with E-state index >= 15 is 0 Å². The molecule has 29 heavy (non-hydrogen) atoms. The molecule has 0 unspecified atom stereocenters. The number of guanidine groups is 1. The number of para-hydroxylation sites is 1. The molecule has 0 amide bonds. The fourth-order valence-corrected chi connectivity index (χ4v) is 3.06. The third-order valence-electron chi connectivity index (χ3n) is 4.49. The summed E-state index contributed by atoms with van der Waals surface area (Å²) >= 11 is 0. The van der Waals surface area contributed by atoms with Gasteiger partial charge in [0.05, 0.1) is 26.9 Å². The Hall–Kier alpha value is -2.16. The van der Waals surface area contributed by atoms with Crippen LogP contribution in [-0.2, 0) is 13.1 Å². The molecule has 6 nitrogen and oxygen atoms in total. The monoisotopic (exact) mass is 511 g/mol. The van der Waals surface area contributed by atoms with Gasteiger partial charge in [0.1, 0.15) is 5.75 Å². The predicted molar refractivity (Wildman–Crippen MR) is 127 cm³/mol. The van der Waals surface area contributed by atoms with Crippen LogP contribution < -0.4 is 24.8 Å². The Labute approximate surface area is 190 Å². The summed E-state index contributed by atoms with van der Waals surface area (Å²) in [5.74, 6) is 3.23. The summed E-state index contributed by atoms with van der Waals surface area (Å²) in [6.45, 7) is 7.37. The van der Waals surface area contributed by atoms with E-state index in [-0.39, 0.29) is 24.0 Å². The number of ether oxygens (including phenoxy) is 3. The molecule has 2 N–H and O–H groups in total.